The van der Waals surface area contributed by atoms with E-state index in [9.17, 15) is 5.11 Å². The van der Waals surface area contributed by atoms with E-state index in [0.29, 0.717) is 0 Å². The zero-order chi connectivity index (χ0) is 19.9. The van der Waals surface area contributed by atoms with Crippen molar-refractivity contribution in [3.63, 3.8) is 0 Å². The zero-order valence-electron chi connectivity index (χ0n) is 17.2. The molecule has 1 saturated carbocycles. The van der Waals surface area contributed by atoms with E-state index >= 15 is 0 Å². The van der Waals surface area contributed by atoms with Crippen LogP contribution in [0.3, 0.4) is 0 Å². The van der Waals surface area contributed by atoms with Gasteiger partial charge in [-0.2, -0.15) is 0 Å². The molecule has 3 unspecified atom stereocenters. The molecular formula is C25H30O3. The molecule has 3 atom stereocenters. The van der Waals surface area contributed by atoms with Crippen molar-refractivity contribution in [3.05, 3.63) is 59.2 Å². The standard InChI is InChI=1S/C25H30O3/c1-24(2)21-16-19-14-18(11-10-17-8-6-5-7-9-17)15-20(27-4)23(19)28-25(21,3)13-12-22(24)26/h5-11,14-15,21-22,26H,12-13,16H2,1-4H3. The first-order chi connectivity index (χ1) is 13.3. The Morgan fingerprint density at radius 3 is 2.50 bits per heavy atom. The minimum absolute atomic E-state index is 0.187. The van der Waals surface area contributed by atoms with Gasteiger partial charge in [-0.15, -0.1) is 0 Å². The lowest BCUT2D eigenvalue weighted by Crippen LogP contribution is -2.58. The van der Waals surface area contributed by atoms with Crippen molar-refractivity contribution in [2.75, 3.05) is 7.11 Å². The molecule has 1 aliphatic carbocycles. The van der Waals surface area contributed by atoms with Gasteiger partial charge in [-0.25, -0.2) is 0 Å². The summed E-state index contributed by atoms with van der Waals surface area (Å²) >= 11 is 0. The molecule has 0 saturated heterocycles. The van der Waals surface area contributed by atoms with Crippen molar-refractivity contribution in [3.8, 4) is 11.5 Å². The Labute approximate surface area is 168 Å². The second-order valence-corrected chi connectivity index (χ2v) is 9.00. The number of hydrogen-bond donors (Lipinski definition) is 1. The van der Waals surface area contributed by atoms with Crippen LogP contribution in [0.15, 0.2) is 42.5 Å². The fourth-order valence-corrected chi connectivity index (χ4v) is 5.00. The van der Waals surface area contributed by atoms with Crippen LogP contribution in [0.1, 0.15) is 50.3 Å². The Hall–Kier alpha value is -2.26. The van der Waals surface area contributed by atoms with E-state index in [1.54, 1.807) is 7.11 Å². The number of aliphatic hydroxyl groups excluding tert-OH is 1. The predicted molar refractivity (Wildman–Crippen MR) is 114 cm³/mol. The Kier molecular flexibility index (Phi) is 4.75. The van der Waals surface area contributed by atoms with Crippen molar-refractivity contribution >= 4 is 12.2 Å². The summed E-state index contributed by atoms with van der Waals surface area (Å²) in [4.78, 5) is 0. The topological polar surface area (TPSA) is 38.7 Å². The summed E-state index contributed by atoms with van der Waals surface area (Å²) in [7, 11) is 1.70. The molecule has 2 aromatic rings. The lowest BCUT2D eigenvalue weighted by atomic mass is 9.57. The predicted octanol–water partition coefficient (Wildman–Crippen LogP) is 5.36. The summed E-state index contributed by atoms with van der Waals surface area (Å²) < 4.78 is 12.3. The quantitative estimate of drug-likeness (QED) is 0.731. The summed E-state index contributed by atoms with van der Waals surface area (Å²) in [5.74, 6) is 1.91. The minimum atomic E-state index is -0.293. The van der Waals surface area contributed by atoms with Crippen molar-refractivity contribution in [2.24, 2.45) is 11.3 Å². The van der Waals surface area contributed by atoms with Crippen LogP contribution < -0.4 is 9.47 Å². The first-order valence-corrected chi connectivity index (χ1v) is 10.1. The van der Waals surface area contributed by atoms with Crippen LogP contribution in [0, 0.1) is 11.3 Å². The molecule has 148 valence electrons. The van der Waals surface area contributed by atoms with Crippen molar-refractivity contribution in [1.82, 2.24) is 0 Å². The second-order valence-electron chi connectivity index (χ2n) is 9.00. The maximum atomic E-state index is 10.6. The molecule has 28 heavy (non-hydrogen) atoms. The second kappa shape index (κ2) is 6.97. The van der Waals surface area contributed by atoms with Gasteiger partial charge >= 0.3 is 0 Å². The highest BCUT2D eigenvalue weighted by atomic mass is 16.5. The lowest BCUT2D eigenvalue weighted by molar-refractivity contribution is -0.138. The van der Waals surface area contributed by atoms with E-state index in [-0.39, 0.29) is 23.0 Å². The summed E-state index contributed by atoms with van der Waals surface area (Å²) in [6.07, 6.45) is 6.46. The summed E-state index contributed by atoms with van der Waals surface area (Å²) in [5.41, 5.74) is 2.97. The Bertz CT molecular complexity index is 884. The summed E-state index contributed by atoms with van der Waals surface area (Å²) in [6.45, 7) is 6.53. The molecule has 2 aliphatic rings. The number of fused-ring (bicyclic) bond motifs is 2. The fourth-order valence-electron chi connectivity index (χ4n) is 5.00. The molecule has 1 aliphatic heterocycles. The highest BCUT2D eigenvalue weighted by molar-refractivity contribution is 5.72. The number of rotatable bonds is 3. The third kappa shape index (κ3) is 3.22. The molecule has 2 aromatic carbocycles. The van der Waals surface area contributed by atoms with Crippen LogP contribution in [0.2, 0.25) is 0 Å². The number of benzene rings is 2. The molecule has 0 radical (unpaired) electrons. The Morgan fingerprint density at radius 1 is 1.07 bits per heavy atom. The maximum Gasteiger partial charge on any atom is 0.165 e. The van der Waals surface area contributed by atoms with E-state index < -0.39 is 0 Å². The lowest BCUT2D eigenvalue weighted by Gasteiger charge is -2.55. The van der Waals surface area contributed by atoms with Crippen molar-refractivity contribution in [2.45, 2.75) is 51.7 Å². The van der Waals surface area contributed by atoms with Gasteiger partial charge in [0.05, 0.1) is 13.2 Å². The molecule has 3 heteroatoms. The van der Waals surface area contributed by atoms with Gasteiger partial charge in [0.2, 0.25) is 0 Å². The molecule has 1 fully saturated rings. The third-order valence-electron chi connectivity index (χ3n) is 6.81. The largest absolute Gasteiger partial charge is 0.493 e. The minimum Gasteiger partial charge on any atom is -0.493 e. The van der Waals surface area contributed by atoms with Crippen LogP contribution in [-0.2, 0) is 6.42 Å². The van der Waals surface area contributed by atoms with E-state index in [0.717, 1.165) is 41.9 Å². The SMILES string of the molecule is COc1cc(C=Cc2ccccc2)cc2c1OC1(C)CCC(O)C(C)(C)C1C2. The molecular weight excluding hydrogens is 348 g/mol. The number of aliphatic hydroxyl groups is 1. The van der Waals surface area contributed by atoms with Crippen molar-refractivity contribution in [1.29, 1.82) is 0 Å². The average Bonchev–Trinajstić information content (AvgIpc) is 2.69. The molecule has 1 heterocycles. The van der Waals surface area contributed by atoms with Gasteiger partial charge in [0.15, 0.2) is 11.5 Å². The van der Waals surface area contributed by atoms with Crippen LogP contribution in [0.4, 0.5) is 0 Å². The zero-order valence-corrected chi connectivity index (χ0v) is 17.2. The van der Waals surface area contributed by atoms with Gasteiger partial charge in [-0.05, 0) is 60.4 Å². The smallest absolute Gasteiger partial charge is 0.165 e. The average molecular weight is 379 g/mol. The number of ether oxygens (including phenoxy) is 2. The molecule has 1 N–H and O–H groups in total. The van der Waals surface area contributed by atoms with Crippen LogP contribution in [0.5, 0.6) is 11.5 Å². The van der Waals surface area contributed by atoms with Gasteiger partial charge in [0, 0.05) is 5.92 Å². The first-order valence-electron chi connectivity index (χ1n) is 10.1. The van der Waals surface area contributed by atoms with Gasteiger partial charge in [-0.1, -0.05) is 56.3 Å². The number of methoxy groups -OCH3 is 1. The van der Waals surface area contributed by atoms with Crippen LogP contribution in [-0.4, -0.2) is 23.9 Å². The molecule has 0 spiro atoms. The molecule has 0 amide bonds. The summed E-state index contributed by atoms with van der Waals surface area (Å²) in [6, 6.07) is 14.5. The maximum absolute atomic E-state index is 10.6. The monoisotopic (exact) mass is 378 g/mol. The van der Waals surface area contributed by atoms with Crippen LogP contribution >= 0.6 is 0 Å². The van der Waals surface area contributed by atoms with E-state index in [1.807, 2.05) is 24.3 Å². The van der Waals surface area contributed by atoms with Crippen molar-refractivity contribution < 1.29 is 14.6 Å². The van der Waals surface area contributed by atoms with Crippen LogP contribution in [0.25, 0.3) is 12.2 Å². The highest BCUT2D eigenvalue weighted by Gasteiger charge is 2.54. The normalized spacial score (nSPS) is 28.3. The first kappa shape index (κ1) is 19.1. The third-order valence-corrected chi connectivity index (χ3v) is 6.81. The van der Waals surface area contributed by atoms with E-state index in [2.05, 4.69) is 51.1 Å². The Balaban J connectivity index is 1.72. The van der Waals surface area contributed by atoms with Gasteiger partial charge in [0.25, 0.3) is 0 Å². The number of hydrogen-bond acceptors (Lipinski definition) is 3. The van der Waals surface area contributed by atoms with E-state index in [4.69, 9.17) is 9.47 Å². The summed E-state index contributed by atoms with van der Waals surface area (Å²) in [5, 5.41) is 10.6. The molecule has 0 bridgehead atoms. The van der Waals surface area contributed by atoms with Gasteiger partial charge in [-0.3, -0.25) is 0 Å². The van der Waals surface area contributed by atoms with E-state index in [1.165, 1.54) is 5.56 Å². The fraction of sp³-hybridized carbons (Fsp3) is 0.440. The highest BCUT2D eigenvalue weighted by Crippen LogP contribution is 2.54. The molecule has 3 nitrogen and oxygen atoms in total. The van der Waals surface area contributed by atoms with Gasteiger partial charge < -0.3 is 14.6 Å². The Morgan fingerprint density at radius 2 is 1.79 bits per heavy atom. The van der Waals surface area contributed by atoms with Gasteiger partial charge in [0.1, 0.15) is 5.60 Å². The molecule has 4 rings (SSSR count). The molecule has 0 aromatic heterocycles.